The molecule has 116 valence electrons. The average Bonchev–Trinajstić information content (AvgIpc) is 3.27. The predicted octanol–water partition coefficient (Wildman–Crippen LogP) is 1.77. The van der Waals surface area contributed by atoms with Crippen LogP contribution in [0.4, 0.5) is 5.69 Å². The standard InChI is InChI=1S/C13H17NO6S/c1-14(20-21(16)17)11-6-5-10(13(15)18-2)7-12(11)19-8-9-3-4-9/h5-7,9H,3-4,8H2,1-2H3,(H,16,17). The molecule has 0 radical (unpaired) electrons. The molecule has 1 aromatic carbocycles. The van der Waals surface area contributed by atoms with Crippen molar-refractivity contribution in [3.63, 3.8) is 0 Å². The van der Waals surface area contributed by atoms with Crippen LogP contribution in [0.15, 0.2) is 18.2 Å². The average molecular weight is 315 g/mol. The van der Waals surface area contributed by atoms with E-state index in [1.807, 2.05) is 0 Å². The molecule has 21 heavy (non-hydrogen) atoms. The molecule has 7 nitrogen and oxygen atoms in total. The van der Waals surface area contributed by atoms with E-state index < -0.39 is 17.3 Å². The molecule has 0 aliphatic heterocycles. The molecule has 0 saturated heterocycles. The first-order valence-corrected chi connectivity index (χ1v) is 7.42. The zero-order chi connectivity index (χ0) is 15.4. The molecular formula is C13H17NO6S. The molecule has 1 N–H and O–H groups in total. The SMILES string of the molecule is COC(=O)c1ccc(N(C)OS(=O)O)c(OCC2CC2)c1. The first-order chi connectivity index (χ1) is 10.0. The number of benzene rings is 1. The van der Waals surface area contributed by atoms with Crippen molar-refractivity contribution in [2.75, 3.05) is 25.8 Å². The summed E-state index contributed by atoms with van der Waals surface area (Å²) in [5, 5.41) is 1.12. The Morgan fingerprint density at radius 2 is 2.19 bits per heavy atom. The van der Waals surface area contributed by atoms with Gasteiger partial charge in [-0.3, -0.25) is 4.55 Å². The van der Waals surface area contributed by atoms with Crippen molar-refractivity contribution in [1.29, 1.82) is 0 Å². The number of rotatable bonds is 7. The number of nitrogens with zero attached hydrogens (tertiary/aromatic N) is 1. The van der Waals surface area contributed by atoms with Crippen LogP contribution >= 0.6 is 0 Å². The molecule has 0 aromatic heterocycles. The summed E-state index contributed by atoms with van der Waals surface area (Å²) in [6.45, 7) is 0.535. The molecule has 1 fully saturated rings. The van der Waals surface area contributed by atoms with E-state index in [1.54, 1.807) is 6.07 Å². The number of esters is 1. The highest BCUT2D eigenvalue weighted by atomic mass is 32.2. The zero-order valence-corrected chi connectivity index (χ0v) is 12.6. The number of ether oxygens (including phenoxy) is 2. The summed E-state index contributed by atoms with van der Waals surface area (Å²) >= 11 is -2.44. The lowest BCUT2D eigenvalue weighted by Gasteiger charge is -2.19. The van der Waals surface area contributed by atoms with Gasteiger partial charge < -0.3 is 9.47 Å². The quantitative estimate of drug-likeness (QED) is 0.466. The molecule has 8 heteroatoms. The Bertz CT molecular complexity index is 545. The maximum atomic E-state index is 11.6. The number of hydrogen-bond donors (Lipinski definition) is 1. The van der Waals surface area contributed by atoms with E-state index in [4.69, 9.17) is 13.6 Å². The van der Waals surface area contributed by atoms with Crippen molar-refractivity contribution in [2.45, 2.75) is 12.8 Å². The lowest BCUT2D eigenvalue weighted by molar-refractivity contribution is 0.0600. The van der Waals surface area contributed by atoms with Gasteiger partial charge in [-0.2, -0.15) is 4.21 Å². The second kappa shape index (κ2) is 6.88. The Balaban J connectivity index is 2.23. The summed E-state index contributed by atoms with van der Waals surface area (Å²) in [6.07, 6.45) is 2.25. The van der Waals surface area contributed by atoms with Crippen LogP contribution in [0.3, 0.4) is 0 Å². The molecule has 0 heterocycles. The number of hydroxylamine groups is 1. The van der Waals surface area contributed by atoms with Crippen LogP contribution in [-0.2, 0) is 20.4 Å². The highest BCUT2D eigenvalue weighted by Crippen LogP contribution is 2.34. The molecular weight excluding hydrogens is 298 g/mol. The summed E-state index contributed by atoms with van der Waals surface area (Å²) in [5.41, 5.74) is 0.788. The molecule has 1 unspecified atom stereocenters. The normalized spacial score (nSPS) is 15.4. The van der Waals surface area contributed by atoms with Crippen LogP contribution in [0.25, 0.3) is 0 Å². The highest BCUT2D eigenvalue weighted by molar-refractivity contribution is 7.74. The molecule has 0 amide bonds. The summed E-state index contributed by atoms with van der Waals surface area (Å²) in [6, 6.07) is 4.64. The van der Waals surface area contributed by atoms with Crippen LogP contribution in [0, 0.1) is 5.92 Å². The van der Waals surface area contributed by atoms with Gasteiger partial charge in [-0.05, 0) is 37.0 Å². The number of carbonyl (C=O) groups is 1. The van der Waals surface area contributed by atoms with E-state index in [0.29, 0.717) is 29.5 Å². The van der Waals surface area contributed by atoms with E-state index in [1.165, 1.54) is 26.3 Å². The van der Waals surface area contributed by atoms with Gasteiger partial charge in [0.2, 0.25) is 0 Å². The molecule has 1 aliphatic carbocycles. The van der Waals surface area contributed by atoms with Gasteiger partial charge in [0.05, 0.1) is 19.3 Å². The Kier molecular flexibility index (Phi) is 5.16. The predicted molar refractivity (Wildman–Crippen MR) is 76.3 cm³/mol. The lowest BCUT2D eigenvalue weighted by Crippen LogP contribution is -2.20. The Hall–Kier alpha value is -1.64. The third-order valence-corrected chi connectivity index (χ3v) is 3.42. The van der Waals surface area contributed by atoms with Gasteiger partial charge in [-0.1, -0.05) is 0 Å². The Labute approximate surface area is 125 Å². The minimum Gasteiger partial charge on any atom is -0.491 e. The molecule has 1 atom stereocenters. The summed E-state index contributed by atoms with van der Waals surface area (Å²) in [4.78, 5) is 11.6. The van der Waals surface area contributed by atoms with Gasteiger partial charge in [0.15, 0.2) is 0 Å². The maximum absolute atomic E-state index is 11.6. The second-order valence-electron chi connectivity index (χ2n) is 4.72. The Morgan fingerprint density at radius 1 is 1.48 bits per heavy atom. The van der Waals surface area contributed by atoms with Crippen LogP contribution < -0.4 is 9.80 Å². The molecule has 0 bridgehead atoms. The smallest absolute Gasteiger partial charge is 0.337 e. The fourth-order valence-corrected chi connectivity index (χ4v) is 2.03. The Morgan fingerprint density at radius 3 is 2.76 bits per heavy atom. The van der Waals surface area contributed by atoms with Crippen LogP contribution in [-0.4, -0.2) is 35.5 Å². The van der Waals surface area contributed by atoms with Gasteiger partial charge >= 0.3 is 17.3 Å². The first kappa shape index (κ1) is 15.7. The fourth-order valence-electron chi connectivity index (χ4n) is 1.76. The molecule has 1 aromatic rings. The van der Waals surface area contributed by atoms with Crippen LogP contribution in [0.1, 0.15) is 23.2 Å². The van der Waals surface area contributed by atoms with Crippen molar-refractivity contribution >= 4 is 23.0 Å². The molecule has 1 saturated carbocycles. The van der Waals surface area contributed by atoms with Crippen LogP contribution in [0.5, 0.6) is 5.75 Å². The summed E-state index contributed by atoms with van der Waals surface area (Å²) < 4.78 is 34.5. The number of methoxy groups -OCH3 is 1. The monoisotopic (exact) mass is 315 g/mol. The molecule has 1 aliphatic rings. The van der Waals surface area contributed by atoms with E-state index in [-0.39, 0.29) is 0 Å². The first-order valence-electron chi connectivity index (χ1n) is 6.39. The largest absolute Gasteiger partial charge is 0.491 e. The summed E-state index contributed by atoms with van der Waals surface area (Å²) in [7, 11) is 2.77. The lowest BCUT2D eigenvalue weighted by atomic mass is 10.2. The topological polar surface area (TPSA) is 85.3 Å². The highest BCUT2D eigenvalue weighted by Gasteiger charge is 2.23. The van der Waals surface area contributed by atoms with Crippen molar-refractivity contribution < 1.29 is 27.3 Å². The van der Waals surface area contributed by atoms with Gasteiger partial charge in [-0.15, -0.1) is 4.28 Å². The van der Waals surface area contributed by atoms with E-state index in [0.717, 1.165) is 17.9 Å². The van der Waals surface area contributed by atoms with Crippen molar-refractivity contribution in [3.8, 4) is 5.75 Å². The van der Waals surface area contributed by atoms with Gasteiger partial charge in [-0.25, -0.2) is 9.86 Å². The minimum absolute atomic E-state index is 0.338. The van der Waals surface area contributed by atoms with Crippen LogP contribution in [0.2, 0.25) is 0 Å². The third kappa shape index (κ3) is 4.42. The fraction of sp³-hybridized carbons (Fsp3) is 0.462. The maximum Gasteiger partial charge on any atom is 0.337 e. The number of anilines is 1. The van der Waals surface area contributed by atoms with Gasteiger partial charge in [0.1, 0.15) is 11.4 Å². The number of carbonyl (C=O) groups excluding carboxylic acids is 1. The molecule has 2 rings (SSSR count). The zero-order valence-electron chi connectivity index (χ0n) is 11.8. The number of hydrogen-bond acceptors (Lipinski definition) is 6. The van der Waals surface area contributed by atoms with Gasteiger partial charge in [0.25, 0.3) is 0 Å². The van der Waals surface area contributed by atoms with Gasteiger partial charge in [0, 0.05) is 7.05 Å². The van der Waals surface area contributed by atoms with E-state index in [2.05, 4.69) is 4.74 Å². The molecule has 0 spiro atoms. The van der Waals surface area contributed by atoms with E-state index in [9.17, 15) is 9.00 Å². The van der Waals surface area contributed by atoms with Crippen molar-refractivity contribution in [2.24, 2.45) is 5.92 Å². The van der Waals surface area contributed by atoms with Crippen molar-refractivity contribution in [1.82, 2.24) is 0 Å². The third-order valence-electron chi connectivity index (χ3n) is 3.07. The second-order valence-corrected chi connectivity index (χ2v) is 5.30. The van der Waals surface area contributed by atoms with Crippen molar-refractivity contribution in [3.05, 3.63) is 23.8 Å². The summed E-state index contributed by atoms with van der Waals surface area (Å²) in [5.74, 6) is 0.447. The minimum atomic E-state index is -2.44. The van der Waals surface area contributed by atoms with E-state index >= 15 is 0 Å².